The lowest BCUT2D eigenvalue weighted by atomic mass is 10.2. The van der Waals surface area contributed by atoms with Gasteiger partial charge in [0.1, 0.15) is 17.3 Å². The molecule has 0 aliphatic carbocycles. The fraction of sp³-hybridized carbons (Fsp3) is 0. The van der Waals surface area contributed by atoms with E-state index >= 15 is 0 Å². The smallest absolute Gasteiger partial charge is 0.141 e. The average molecular weight is 292 g/mol. The number of hydrogen-bond donors (Lipinski definition) is 0. The predicted octanol–water partition coefficient (Wildman–Crippen LogP) is 4.25. The Kier molecular flexibility index (Phi) is 3.40. The molecule has 2 nitrogen and oxygen atoms in total. The summed E-state index contributed by atoms with van der Waals surface area (Å²) < 4.78 is 19.4. The first kappa shape index (κ1) is 11.6. The molecule has 0 atom stereocenters. The summed E-state index contributed by atoms with van der Waals surface area (Å²) in [7, 11) is 0. The second-order valence-corrected chi connectivity index (χ2v) is 4.17. The van der Waals surface area contributed by atoms with Crippen LogP contribution in [-0.2, 0) is 0 Å². The fourth-order valence-corrected chi connectivity index (χ4v) is 1.71. The van der Waals surface area contributed by atoms with E-state index in [1.165, 1.54) is 12.1 Å². The summed E-state index contributed by atoms with van der Waals surface area (Å²) in [6.45, 7) is 0. The number of rotatable bonds is 2. The van der Waals surface area contributed by atoms with Crippen LogP contribution in [-0.4, -0.2) is 0 Å². The average Bonchev–Trinajstić information content (AvgIpc) is 2.31. The van der Waals surface area contributed by atoms with Gasteiger partial charge in [0.25, 0.3) is 0 Å². The Morgan fingerprint density at radius 2 is 1.94 bits per heavy atom. The number of ether oxygens (including phenoxy) is 1. The van der Waals surface area contributed by atoms with Gasteiger partial charge in [0.2, 0.25) is 0 Å². The highest BCUT2D eigenvalue weighted by atomic mass is 79.9. The molecule has 2 rings (SSSR count). The van der Waals surface area contributed by atoms with Crippen LogP contribution >= 0.6 is 15.9 Å². The van der Waals surface area contributed by atoms with Crippen LogP contribution in [0.25, 0.3) is 0 Å². The van der Waals surface area contributed by atoms with Crippen LogP contribution in [0, 0.1) is 17.1 Å². The first-order chi connectivity index (χ1) is 8.19. The molecule has 17 heavy (non-hydrogen) atoms. The molecule has 0 saturated carbocycles. The largest absolute Gasteiger partial charge is 0.456 e. The van der Waals surface area contributed by atoms with Gasteiger partial charge < -0.3 is 4.74 Å². The van der Waals surface area contributed by atoms with Crippen LogP contribution in [0.3, 0.4) is 0 Å². The van der Waals surface area contributed by atoms with Gasteiger partial charge in [-0.2, -0.15) is 5.26 Å². The van der Waals surface area contributed by atoms with E-state index in [1.807, 2.05) is 24.3 Å². The maximum absolute atomic E-state index is 13.2. The Labute approximate surface area is 106 Å². The summed E-state index contributed by atoms with van der Waals surface area (Å²) in [4.78, 5) is 0. The van der Waals surface area contributed by atoms with Gasteiger partial charge in [0.05, 0.1) is 16.1 Å². The van der Waals surface area contributed by atoms with E-state index in [9.17, 15) is 4.39 Å². The molecule has 2 aromatic carbocycles. The molecule has 0 saturated heterocycles. The Bertz CT molecular complexity index is 592. The maximum atomic E-state index is 13.2. The van der Waals surface area contributed by atoms with Crippen molar-refractivity contribution in [2.45, 2.75) is 0 Å². The third-order valence-electron chi connectivity index (χ3n) is 2.06. The molecule has 0 aliphatic heterocycles. The van der Waals surface area contributed by atoms with Crippen LogP contribution in [0.1, 0.15) is 5.56 Å². The van der Waals surface area contributed by atoms with E-state index < -0.39 is 5.82 Å². The topological polar surface area (TPSA) is 33.0 Å². The monoisotopic (exact) mass is 291 g/mol. The van der Waals surface area contributed by atoms with Gasteiger partial charge in [-0.05, 0) is 40.2 Å². The molecule has 0 N–H and O–H groups in total. The van der Waals surface area contributed by atoms with Gasteiger partial charge in [0, 0.05) is 6.07 Å². The van der Waals surface area contributed by atoms with E-state index in [4.69, 9.17) is 10.00 Å². The lowest BCUT2D eigenvalue weighted by Gasteiger charge is -2.07. The highest BCUT2D eigenvalue weighted by Crippen LogP contribution is 2.29. The Morgan fingerprint density at radius 3 is 2.65 bits per heavy atom. The third kappa shape index (κ3) is 2.83. The summed E-state index contributed by atoms with van der Waals surface area (Å²) >= 11 is 3.32. The normalized spacial score (nSPS) is 9.71. The van der Waals surface area contributed by atoms with Crippen LogP contribution < -0.4 is 4.74 Å². The van der Waals surface area contributed by atoms with Crippen molar-refractivity contribution in [3.05, 3.63) is 58.3 Å². The number of nitrogens with zero attached hydrogens (tertiary/aromatic N) is 1. The molecule has 0 bridgehead atoms. The van der Waals surface area contributed by atoms with Crippen molar-refractivity contribution in [3.63, 3.8) is 0 Å². The quantitative estimate of drug-likeness (QED) is 0.828. The van der Waals surface area contributed by atoms with Crippen molar-refractivity contribution < 1.29 is 9.13 Å². The molecule has 0 spiro atoms. The van der Waals surface area contributed by atoms with E-state index in [-0.39, 0.29) is 5.56 Å². The van der Waals surface area contributed by atoms with Crippen LogP contribution in [0.4, 0.5) is 4.39 Å². The standard InChI is InChI=1S/C13H7BrFNO/c14-12-3-1-2-4-13(12)17-11-6-9(8-16)5-10(15)7-11/h1-7H. The second kappa shape index (κ2) is 4.98. The number of nitriles is 1. The van der Waals surface area contributed by atoms with Crippen molar-refractivity contribution in [1.82, 2.24) is 0 Å². The zero-order valence-corrected chi connectivity index (χ0v) is 10.2. The number of halogens is 2. The van der Waals surface area contributed by atoms with Crippen molar-refractivity contribution in [2.24, 2.45) is 0 Å². The van der Waals surface area contributed by atoms with Crippen molar-refractivity contribution in [2.75, 3.05) is 0 Å². The van der Waals surface area contributed by atoms with E-state index in [2.05, 4.69) is 15.9 Å². The Balaban J connectivity index is 2.34. The zero-order valence-electron chi connectivity index (χ0n) is 8.65. The lowest BCUT2D eigenvalue weighted by Crippen LogP contribution is -1.88. The van der Waals surface area contributed by atoms with E-state index in [0.717, 1.165) is 10.5 Å². The lowest BCUT2D eigenvalue weighted by molar-refractivity contribution is 0.473. The van der Waals surface area contributed by atoms with Crippen molar-refractivity contribution in [3.8, 4) is 17.6 Å². The molecular formula is C13H7BrFNO. The number of hydrogen-bond acceptors (Lipinski definition) is 2. The minimum atomic E-state index is -0.494. The first-order valence-electron chi connectivity index (χ1n) is 4.82. The van der Waals surface area contributed by atoms with Crippen LogP contribution in [0.5, 0.6) is 11.5 Å². The van der Waals surface area contributed by atoms with E-state index in [1.54, 1.807) is 6.07 Å². The molecule has 84 valence electrons. The Hall–Kier alpha value is -1.86. The molecular weight excluding hydrogens is 285 g/mol. The minimum Gasteiger partial charge on any atom is -0.456 e. The molecule has 0 aromatic heterocycles. The fourth-order valence-electron chi connectivity index (χ4n) is 1.34. The predicted molar refractivity (Wildman–Crippen MR) is 65.3 cm³/mol. The second-order valence-electron chi connectivity index (χ2n) is 3.32. The highest BCUT2D eigenvalue weighted by molar-refractivity contribution is 9.10. The van der Waals surface area contributed by atoms with Crippen molar-refractivity contribution in [1.29, 1.82) is 5.26 Å². The maximum Gasteiger partial charge on any atom is 0.141 e. The minimum absolute atomic E-state index is 0.229. The van der Waals surface area contributed by atoms with Gasteiger partial charge in [-0.3, -0.25) is 0 Å². The molecule has 0 aliphatic rings. The van der Waals surface area contributed by atoms with Gasteiger partial charge in [-0.1, -0.05) is 12.1 Å². The third-order valence-corrected chi connectivity index (χ3v) is 2.72. The highest BCUT2D eigenvalue weighted by Gasteiger charge is 2.05. The summed E-state index contributed by atoms with van der Waals surface area (Å²) in [5.74, 6) is 0.376. The molecule has 0 fully saturated rings. The molecule has 0 radical (unpaired) electrons. The Morgan fingerprint density at radius 1 is 1.18 bits per heavy atom. The zero-order chi connectivity index (χ0) is 12.3. The number of para-hydroxylation sites is 1. The van der Waals surface area contributed by atoms with Crippen LogP contribution in [0.2, 0.25) is 0 Å². The molecule has 4 heteroatoms. The SMILES string of the molecule is N#Cc1cc(F)cc(Oc2ccccc2Br)c1. The molecule has 0 heterocycles. The molecule has 0 unspecified atom stereocenters. The van der Waals surface area contributed by atoms with Gasteiger partial charge in [-0.25, -0.2) is 4.39 Å². The first-order valence-corrected chi connectivity index (χ1v) is 5.61. The van der Waals surface area contributed by atoms with Gasteiger partial charge >= 0.3 is 0 Å². The van der Waals surface area contributed by atoms with Gasteiger partial charge in [-0.15, -0.1) is 0 Å². The summed E-state index contributed by atoms with van der Waals surface area (Å²) in [5, 5.41) is 8.73. The molecule has 2 aromatic rings. The number of benzene rings is 2. The van der Waals surface area contributed by atoms with E-state index in [0.29, 0.717) is 11.5 Å². The van der Waals surface area contributed by atoms with Crippen molar-refractivity contribution >= 4 is 15.9 Å². The summed E-state index contributed by atoms with van der Waals surface area (Å²) in [6, 6.07) is 13.0. The van der Waals surface area contributed by atoms with Crippen LogP contribution in [0.15, 0.2) is 46.9 Å². The van der Waals surface area contributed by atoms with Gasteiger partial charge in [0.15, 0.2) is 0 Å². The summed E-state index contributed by atoms with van der Waals surface area (Å²) in [6.07, 6.45) is 0. The molecule has 0 amide bonds. The summed E-state index contributed by atoms with van der Waals surface area (Å²) in [5.41, 5.74) is 0.229.